The number of benzene rings is 2. The number of hydrogen-bond donors (Lipinski definition) is 1. The van der Waals surface area contributed by atoms with Gasteiger partial charge in [0.05, 0.1) is 19.7 Å². The number of methoxy groups -OCH3 is 2. The molecular formula is C21H18N4O4. The number of nitrogens with zero attached hydrogens (tertiary/aromatic N) is 3. The lowest BCUT2D eigenvalue weighted by Crippen LogP contribution is -2.12. The summed E-state index contributed by atoms with van der Waals surface area (Å²) in [4.78, 5) is 17.0. The number of amides is 1. The van der Waals surface area contributed by atoms with Crippen LogP contribution in [0.5, 0.6) is 11.5 Å². The highest BCUT2D eigenvalue weighted by atomic mass is 16.5. The second-order valence-electron chi connectivity index (χ2n) is 6.33. The molecule has 0 aliphatic heterocycles. The number of fused-ring (bicyclic) bond motifs is 1. The van der Waals surface area contributed by atoms with Crippen molar-refractivity contribution in [1.82, 2.24) is 15.2 Å². The summed E-state index contributed by atoms with van der Waals surface area (Å²) in [5.74, 6) is 1.03. The van der Waals surface area contributed by atoms with Gasteiger partial charge < -0.3 is 13.9 Å². The van der Waals surface area contributed by atoms with Crippen LogP contribution in [0.15, 0.2) is 52.9 Å². The molecule has 1 amide bonds. The Morgan fingerprint density at radius 3 is 2.41 bits per heavy atom. The van der Waals surface area contributed by atoms with Crippen LogP contribution in [0.3, 0.4) is 0 Å². The van der Waals surface area contributed by atoms with Crippen molar-refractivity contribution < 1.29 is 18.7 Å². The summed E-state index contributed by atoms with van der Waals surface area (Å²) in [7, 11) is 3.11. The van der Waals surface area contributed by atoms with E-state index in [1.807, 2.05) is 25.1 Å². The van der Waals surface area contributed by atoms with Crippen LogP contribution in [0, 0.1) is 6.92 Å². The molecule has 0 atom stereocenters. The molecule has 0 aliphatic carbocycles. The molecule has 2 heterocycles. The van der Waals surface area contributed by atoms with Crippen molar-refractivity contribution in [3.63, 3.8) is 0 Å². The molecular weight excluding hydrogens is 372 g/mol. The molecule has 146 valence electrons. The topological polar surface area (TPSA) is 99.4 Å². The van der Waals surface area contributed by atoms with Crippen LogP contribution in [0.4, 0.5) is 6.01 Å². The minimum absolute atomic E-state index is 0.0101. The van der Waals surface area contributed by atoms with Gasteiger partial charge in [-0.15, -0.1) is 5.10 Å². The molecule has 4 rings (SSSR count). The molecule has 0 radical (unpaired) electrons. The van der Waals surface area contributed by atoms with E-state index < -0.39 is 0 Å². The molecule has 0 unspecified atom stereocenters. The van der Waals surface area contributed by atoms with E-state index in [-0.39, 0.29) is 17.8 Å². The first-order valence-electron chi connectivity index (χ1n) is 8.81. The lowest BCUT2D eigenvalue weighted by Gasteiger charge is -2.06. The molecule has 8 nitrogen and oxygen atoms in total. The Morgan fingerprint density at radius 1 is 0.966 bits per heavy atom. The lowest BCUT2D eigenvalue weighted by atomic mass is 10.1. The zero-order chi connectivity index (χ0) is 20.4. The Hall–Kier alpha value is -3.94. The van der Waals surface area contributed by atoms with Gasteiger partial charge in [-0.2, -0.15) is 0 Å². The van der Waals surface area contributed by atoms with Gasteiger partial charge in [-0.05, 0) is 37.3 Å². The molecule has 0 saturated heterocycles. The van der Waals surface area contributed by atoms with Crippen molar-refractivity contribution in [3.05, 3.63) is 59.8 Å². The van der Waals surface area contributed by atoms with Gasteiger partial charge in [-0.25, -0.2) is 0 Å². The number of aryl methyl sites for hydroxylation is 1. The lowest BCUT2D eigenvalue weighted by molar-refractivity contribution is 0.102. The summed E-state index contributed by atoms with van der Waals surface area (Å²) < 4.78 is 16.1. The number of rotatable bonds is 5. The Balaban J connectivity index is 1.57. The summed E-state index contributed by atoms with van der Waals surface area (Å²) in [6, 6.07) is 14.4. The standard InChI is InChI=1S/C21H18N4O4/c1-12-4-5-13-6-7-14(10-18(13)22-12)19(26)23-21-25-24-20(29-21)15-8-16(27-2)11-17(9-15)28-3/h4-11H,1-3H3,(H,23,25,26). The van der Waals surface area contributed by atoms with Crippen LogP contribution in [0.1, 0.15) is 16.1 Å². The van der Waals surface area contributed by atoms with Crippen molar-refractivity contribution >= 4 is 22.8 Å². The number of aromatic nitrogens is 3. The van der Waals surface area contributed by atoms with E-state index in [1.54, 1.807) is 44.6 Å². The normalized spacial score (nSPS) is 10.7. The quantitative estimate of drug-likeness (QED) is 0.552. The molecule has 0 fully saturated rings. The SMILES string of the molecule is COc1cc(OC)cc(-c2nnc(NC(=O)c3ccc4ccc(C)nc4c3)o2)c1. The van der Waals surface area contributed by atoms with E-state index in [0.717, 1.165) is 16.6 Å². The summed E-state index contributed by atoms with van der Waals surface area (Å²) in [5, 5.41) is 11.5. The summed E-state index contributed by atoms with van der Waals surface area (Å²) >= 11 is 0. The fourth-order valence-electron chi connectivity index (χ4n) is 2.85. The molecule has 0 bridgehead atoms. The Bertz CT molecular complexity index is 1180. The number of hydrogen-bond acceptors (Lipinski definition) is 7. The van der Waals surface area contributed by atoms with Crippen LogP contribution >= 0.6 is 0 Å². The van der Waals surface area contributed by atoms with E-state index in [2.05, 4.69) is 20.5 Å². The summed E-state index contributed by atoms with van der Waals surface area (Å²) in [6.07, 6.45) is 0. The first-order chi connectivity index (χ1) is 14.1. The van der Waals surface area contributed by atoms with Gasteiger partial charge in [0.1, 0.15) is 11.5 Å². The maximum absolute atomic E-state index is 12.6. The highest BCUT2D eigenvalue weighted by Gasteiger charge is 2.15. The zero-order valence-electron chi connectivity index (χ0n) is 16.1. The largest absolute Gasteiger partial charge is 0.497 e. The van der Waals surface area contributed by atoms with Crippen LogP contribution in [0.25, 0.3) is 22.4 Å². The molecule has 8 heteroatoms. The number of ether oxygens (including phenoxy) is 2. The zero-order valence-corrected chi connectivity index (χ0v) is 16.1. The predicted octanol–water partition coefficient (Wildman–Crippen LogP) is 3.86. The highest BCUT2D eigenvalue weighted by molar-refractivity contribution is 6.05. The third kappa shape index (κ3) is 3.86. The number of carbonyl (C=O) groups is 1. The number of anilines is 1. The van der Waals surface area contributed by atoms with E-state index >= 15 is 0 Å². The predicted molar refractivity (Wildman–Crippen MR) is 107 cm³/mol. The maximum Gasteiger partial charge on any atom is 0.322 e. The second-order valence-corrected chi connectivity index (χ2v) is 6.33. The van der Waals surface area contributed by atoms with Crippen molar-refractivity contribution in [1.29, 1.82) is 0 Å². The van der Waals surface area contributed by atoms with Crippen LogP contribution in [0.2, 0.25) is 0 Å². The summed E-state index contributed by atoms with van der Waals surface area (Å²) in [5.41, 5.74) is 2.68. The Labute approximate surface area is 166 Å². The minimum Gasteiger partial charge on any atom is -0.497 e. The van der Waals surface area contributed by atoms with Crippen LogP contribution < -0.4 is 14.8 Å². The van der Waals surface area contributed by atoms with E-state index in [1.165, 1.54) is 0 Å². The second kappa shape index (κ2) is 7.59. The monoisotopic (exact) mass is 390 g/mol. The van der Waals surface area contributed by atoms with Crippen LogP contribution in [-0.2, 0) is 0 Å². The van der Waals surface area contributed by atoms with Gasteiger partial charge in [-0.3, -0.25) is 15.1 Å². The van der Waals surface area contributed by atoms with Gasteiger partial charge >= 0.3 is 6.01 Å². The fraction of sp³-hybridized carbons (Fsp3) is 0.143. The molecule has 0 spiro atoms. The van der Waals surface area contributed by atoms with Crippen molar-refractivity contribution in [3.8, 4) is 23.0 Å². The molecule has 0 saturated carbocycles. The molecule has 4 aromatic rings. The van der Waals surface area contributed by atoms with Crippen molar-refractivity contribution in [2.75, 3.05) is 19.5 Å². The third-order valence-corrected chi connectivity index (χ3v) is 4.34. The van der Waals surface area contributed by atoms with E-state index in [0.29, 0.717) is 22.6 Å². The van der Waals surface area contributed by atoms with Gasteiger partial charge in [0.25, 0.3) is 5.91 Å². The Kier molecular flexibility index (Phi) is 4.82. The average Bonchev–Trinajstić information content (AvgIpc) is 3.21. The highest BCUT2D eigenvalue weighted by Crippen LogP contribution is 2.29. The number of pyridine rings is 1. The summed E-state index contributed by atoms with van der Waals surface area (Å²) in [6.45, 7) is 1.90. The first kappa shape index (κ1) is 18.4. The van der Waals surface area contributed by atoms with Crippen molar-refractivity contribution in [2.24, 2.45) is 0 Å². The maximum atomic E-state index is 12.6. The van der Waals surface area contributed by atoms with Gasteiger partial charge in [-0.1, -0.05) is 17.2 Å². The van der Waals surface area contributed by atoms with Gasteiger partial charge in [0, 0.05) is 28.3 Å². The van der Waals surface area contributed by atoms with Gasteiger partial charge in [0.2, 0.25) is 5.89 Å². The third-order valence-electron chi connectivity index (χ3n) is 4.34. The molecule has 1 N–H and O–H groups in total. The molecule has 2 aromatic heterocycles. The minimum atomic E-state index is -0.367. The Morgan fingerprint density at radius 2 is 1.69 bits per heavy atom. The smallest absolute Gasteiger partial charge is 0.322 e. The van der Waals surface area contributed by atoms with Crippen LogP contribution in [-0.4, -0.2) is 35.3 Å². The molecule has 2 aromatic carbocycles. The van der Waals surface area contributed by atoms with Crippen molar-refractivity contribution in [2.45, 2.75) is 6.92 Å². The van der Waals surface area contributed by atoms with E-state index in [4.69, 9.17) is 13.9 Å². The first-order valence-corrected chi connectivity index (χ1v) is 8.81. The van der Waals surface area contributed by atoms with E-state index in [9.17, 15) is 4.79 Å². The fourth-order valence-corrected chi connectivity index (χ4v) is 2.85. The molecule has 0 aliphatic rings. The van der Waals surface area contributed by atoms with Gasteiger partial charge in [0.15, 0.2) is 0 Å². The molecule has 29 heavy (non-hydrogen) atoms. The number of nitrogens with one attached hydrogen (secondary N) is 1. The number of carbonyl (C=O) groups excluding carboxylic acids is 1. The average molecular weight is 390 g/mol.